The zero-order valence-electron chi connectivity index (χ0n) is 13.5. The van der Waals surface area contributed by atoms with Crippen molar-refractivity contribution < 1.29 is 14.7 Å². The first-order valence-corrected chi connectivity index (χ1v) is 8.75. The lowest BCUT2D eigenvalue weighted by Crippen LogP contribution is -2.50. The van der Waals surface area contributed by atoms with E-state index in [2.05, 4.69) is 24.3 Å². The van der Waals surface area contributed by atoms with Gasteiger partial charge < -0.3 is 10.0 Å². The zero-order valence-corrected chi connectivity index (χ0v) is 13.5. The molecule has 2 fully saturated rings. The molecule has 23 heavy (non-hydrogen) atoms. The van der Waals surface area contributed by atoms with Crippen LogP contribution in [0.15, 0.2) is 30.3 Å². The van der Waals surface area contributed by atoms with Gasteiger partial charge in [-0.15, -0.1) is 0 Å². The van der Waals surface area contributed by atoms with Crippen molar-refractivity contribution >= 4 is 11.9 Å². The predicted octanol–water partition coefficient (Wildman–Crippen LogP) is 3.43. The van der Waals surface area contributed by atoms with Gasteiger partial charge in [-0.1, -0.05) is 30.3 Å². The second kappa shape index (κ2) is 7.16. The Hall–Kier alpha value is -1.84. The summed E-state index contributed by atoms with van der Waals surface area (Å²) in [6.07, 6.45) is 6.22. The molecule has 1 amide bonds. The van der Waals surface area contributed by atoms with Crippen LogP contribution >= 0.6 is 0 Å². The van der Waals surface area contributed by atoms with Crippen molar-refractivity contribution in [1.29, 1.82) is 0 Å². The molecule has 1 atom stereocenters. The number of hydrogen-bond donors (Lipinski definition) is 1. The lowest BCUT2D eigenvalue weighted by molar-refractivity contribution is -0.154. The highest BCUT2D eigenvalue weighted by Gasteiger charge is 2.36. The second-order valence-electron chi connectivity index (χ2n) is 6.84. The maximum atomic E-state index is 12.8. The number of carbonyl (C=O) groups excluding carboxylic acids is 1. The maximum absolute atomic E-state index is 12.8. The van der Waals surface area contributed by atoms with Gasteiger partial charge in [0.25, 0.3) is 0 Å². The van der Waals surface area contributed by atoms with Gasteiger partial charge >= 0.3 is 5.97 Å². The van der Waals surface area contributed by atoms with E-state index in [1.807, 2.05) is 6.07 Å². The number of amides is 1. The summed E-state index contributed by atoms with van der Waals surface area (Å²) >= 11 is 0. The first kappa shape index (κ1) is 16.0. The molecule has 1 heterocycles. The lowest BCUT2D eigenvalue weighted by Gasteiger charge is -2.37. The molecule has 124 valence electrons. The summed E-state index contributed by atoms with van der Waals surface area (Å²) in [4.78, 5) is 25.8. The Kier molecular flexibility index (Phi) is 4.99. The summed E-state index contributed by atoms with van der Waals surface area (Å²) in [5.41, 5.74) is 1.36. The van der Waals surface area contributed by atoms with Gasteiger partial charge in [0.1, 0.15) is 6.04 Å². The molecule has 1 saturated carbocycles. The van der Waals surface area contributed by atoms with Gasteiger partial charge in [0.05, 0.1) is 0 Å². The average molecular weight is 315 g/mol. The Balaban J connectivity index is 1.60. The highest BCUT2D eigenvalue weighted by molar-refractivity contribution is 5.85. The van der Waals surface area contributed by atoms with Crippen molar-refractivity contribution in [2.45, 2.75) is 56.9 Å². The van der Waals surface area contributed by atoms with Crippen molar-refractivity contribution in [2.75, 3.05) is 6.54 Å². The fourth-order valence-corrected chi connectivity index (χ4v) is 4.09. The van der Waals surface area contributed by atoms with E-state index in [0.717, 1.165) is 38.5 Å². The molecule has 1 aliphatic carbocycles. The van der Waals surface area contributed by atoms with Crippen molar-refractivity contribution in [3.63, 3.8) is 0 Å². The Labute approximate surface area is 137 Å². The summed E-state index contributed by atoms with van der Waals surface area (Å²) in [5.74, 6) is -0.230. The molecule has 4 nitrogen and oxygen atoms in total. The molecule has 1 saturated heterocycles. The minimum Gasteiger partial charge on any atom is -0.480 e. The van der Waals surface area contributed by atoms with Crippen LogP contribution in [0.1, 0.15) is 56.4 Å². The monoisotopic (exact) mass is 315 g/mol. The van der Waals surface area contributed by atoms with Gasteiger partial charge in [0.15, 0.2) is 0 Å². The van der Waals surface area contributed by atoms with E-state index in [1.54, 1.807) is 4.90 Å². The van der Waals surface area contributed by atoms with E-state index in [-0.39, 0.29) is 11.8 Å². The number of likely N-dealkylation sites (tertiary alicyclic amines) is 1. The van der Waals surface area contributed by atoms with Gasteiger partial charge in [-0.25, -0.2) is 4.79 Å². The van der Waals surface area contributed by atoms with Crippen molar-refractivity contribution in [1.82, 2.24) is 4.90 Å². The molecule has 0 radical (unpaired) electrons. The molecule has 2 aliphatic rings. The molecule has 0 unspecified atom stereocenters. The minimum absolute atomic E-state index is 0.00918. The van der Waals surface area contributed by atoms with Crippen LogP contribution in [0.5, 0.6) is 0 Å². The molecule has 3 rings (SSSR count). The number of carbonyl (C=O) groups is 2. The molecular formula is C19H25NO3. The summed E-state index contributed by atoms with van der Waals surface area (Å²) in [5, 5.41) is 9.35. The first-order valence-electron chi connectivity index (χ1n) is 8.75. The third kappa shape index (κ3) is 3.57. The van der Waals surface area contributed by atoms with Crippen LogP contribution in [0, 0.1) is 5.92 Å². The Morgan fingerprint density at radius 2 is 1.65 bits per heavy atom. The topological polar surface area (TPSA) is 57.6 Å². The van der Waals surface area contributed by atoms with Gasteiger partial charge in [-0.2, -0.15) is 0 Å². The second-order valence-corrected chi connectivity index (χ2v) is 6.84. The third-order valence-electron chi connectivity index (χ3n) is 5.42. The Morgan fingerprint density at radius 3 is 2.30 bits per heavy atom. The molecule has 0 bridgehead atoms. The molecule has 1 aromatic rings. The van der Waals surface area contributed by atoms with Gasteiger partial charge in [0.2, 0.25) is 5.91 Å². The standard InChI is InChI=1S/C19H25NO3/c21-18(20-13-5-4-8-17(20)19(22)23)16-11-9-15(10-12-16)14-6-2-1-3-7-14/h1-3,6-7,15-17H,4-5,8-13H2,(H,22,23)/t15?,16?,17-/m1/s1. The van der Waals surface area contributed by atoms with Crippen LogP contribution in [0.25, 0.3) is 0 Å². The number of nitrogens with zero attached hydrogens (tertiary/aromatic N) is 1. The number of aliphatic carboxylic acids is 1. The highest BCUT2D eigenvalue weighted by Crippen LogP contribution is 2.37. The summed E-state index contributed by atoms with van der Waals surface area (Å²) < 4.78 is 0. The molecule has 1 aromatic carbocycles. The quantitative estimate of drug-likeness (QED) is 0.929. The number of carboxylic acid groups (broad SMARTS) is 1. The number of benzene rings is 1. The Morgan fingerprint density at radius 1 is 0.957 bits per heavy atom. The molecular weight excluding hydrogens is 290 g/mol. The van der Waals surface area contributed by atoms with Crippen LogP contribution in [-0.2, 0) is 9.59 Å². The van der Waals surface area contributed by atoms with Crippen molar-refractivity contribution in [3.05, 3.63) is 35.9 Å². The molecule has 1 N–H and O–H groups in total. The van der Waals surface area contributed by atoms with Gasteiger partial charge in [0, 0.05) is 12.5 Å². The van der Waals surface area contributed by atoms with Crippen LogP contribution in [0.4, 0.5) is 0 Å². The third-order valence-corrected chi connectivity index (χ3v) is 5.42. The van der Waals surface area contributed by atoms with E-state index in [0.29, 0.717) is 18.9 Å². The molecule has 4 heteroatoms. The fraction of sp³-hybridized carbons (Fsp3) is 0.579. The first-order chi connectivity index (χ1) is 11.2. The van der Waals surface area contributed by atoms with Crippen LogP contribution < -0.4 is 0 Å². The van der Waals surface area contributed by atoms with E-state index >= 15 is 0 Å². The normalized spacial score (nSPS) is 28.3. The molecule has 0 aromatic heterocycles. The van der Waals surface area contributed by atoms with E-state index in [1.165, 1.54) is 5.56 Å². The SMILES string of the molecule is O=C(O)[C@H]1CCCCN1C(=O)C1CCC(c2ccccc2)CC1. The van der Waals surface area contributed by atoms with E-state index in [4.69, 9.17) is 0 Å². The summed E-state index contributed by atoms with van der Waals surface area (Å²) in [7, 11) is 0. The van der Waals surface area contributed by atoms with Crippen LogP contribution in [0.2, 0.25) is 0 Å². The number of piperidine rings is 1. The predicted molar refractivity (Wildman–Crippen MR) is 88.1 cm³/mol. The van der Waals surface area contributed by atoms with Crippen molar-refractivity contribution in [3.8, 4) is 0 Å². The van der Waals surface area contributed by atoms with E-state index in [9.17, 15) is 14.7 Å². The minimum atomic E-state index is -0.851. The molecule has 0 spiro atoms. The fourth-order valence-electron chi connectivity index (χ4n) is 4.09. The highest BCUT2D eigenvalue weighted by atomic mass is 16.4. The Bertz CT molecular complexity index is 549. The number of hydrogen-bond acceptors (Lipinski definition) is 2. The smallest absolute Gasteiger partial charge is 0.326 e. The van der Waals surface area contributed by atoms with Gasteiger partial charge in [-0.05, 0) is 56.4 Å². The summed E-state index contributed by atoms with van der Waals surface area (Å²) in [6, 6.07) is 9.88. The number of rotatable bonds is 3. The van der Waals surface area contributed by atoms with Crippen molar-refractivity contribution in [2.24, 2.45) is 5.92 Å². The van der Waals surface area contributed by atoms with Crippen LogP contribution in [-0.4, -0.2) is 34.5 Å². The van der Waals surface area contributed by atoms with Gasteiger partial charge in [-0.3, -0.25) is 4.79 Å². The zero-order chi connectivity index (χ0) is 16.2. The lowest BCUT2D eigenvalue weighted by atomic mass is 9.78. The summed E-state index contributed by atoms with van der Waals surface area (Å²) in [6.45, 7) is 0.606. The molecule has 1 aliphatic heterocycles. The maximum Gasteiger partial charge on any atom is 0.326 e. The van der Waals surface area contributed by atoms with E-state index < -0.39 is 12.0 Å². The number of carboxylic acids is 1. The van der Waals surface area contributed by atoms with Crippen LogP contribution in [0.3, 0.4) is 0 Å². The average Bonchev–Trinajstić information content (AvgIpc) is 2.62. The largest absolute Gasteiger partial charge is 0.480 e.